The quantitative estimate of drug-likeness (QED) is 0.0593. The molecule has 0 radical (unpaired) electrons. The Bertz CT molecular complexity index is 3590. The molecule has 6 aromatic heterocycles. The first-order valence-electron chi connectivity index (χ1n) is 26.6. The topological polar surface area (TPSA) is 240 Å². The number of aryl methyl sites for hydroxylation is 2. The smallest absolute Gasteiger partial charge is 0.296 e. The Labute approximate surface area is 486 Å². The first-order chi connectivity index (χ1) is 40.1. The molecule has 2 aliphatic rings. The molecule has 8 aromatic rings. The van der Waals surface area contributed by atoms with Crippen molar-refractivity contribution in [3.05, 3.63) is 152 Å². The third-order valence-electron chi connectivity index (χ3n) is 14.6. The number of rotatable bonds is 22. The van der Waals surface area contributed by atoms with Crippen LogP contribution in [-0.2, 0) is 61.4 Å². The van der Waals surface area contributed by atoms with Gasteiger partial charge in [0.05, 0.1) is 81.0 Å². The molecule has 31 heteroatoms. The van der Waals surface area contributed by atoms with E-state index in [0.29, 0.717) is 70.1 Å². The van der Waals surface area contributed by atoms with E-state index in [1.165, 1.54) is 70.2 Å². The molecule has 8 heterocycles. The van der Waals surface area contributed by atoms with Crippen molar-refractivity contribution < 1.29 is 48.0 Å². The largest absolute Gasteiger partial charge is 0.435 e. The molecule has 0 saturated carbocycles. The van der Waals surface area contributed by atoms with Crippen molar-refractivity contribution in [2.24, 2.45) is 0 Å². The number of aromatic nitrogens is 14. The summed E-state index contributed by atoms with van der Waals surface area (Å²) < 4.78 is 143. The number of carbonyl (C=O) groups is 1. The minimum absolute atomic E-state index is 0.146. The van der Waals surface area contributed by atoms with Crippen molar-refractivity contribution in [1.82, 2.24) is 79.7 Å². The molecule has 84 heavy (non-hydrogen) atoms. The number of carbonyl (C=O) groups excluding carboxylic acids is 1. The van der Waals surface area contributed by atoms with Gasteiger partial charge in [0.25, 0.3) is 0 Å². The van der Waals surface area contributed by atoms with Crippen LogP contribution in [-0.4, -0.2) is 152 Å². The summed E-state index contributed by atoms with van der Waals surface area (Å²) in [6, 6.07) is 17.8. The molecule has 2 fully saturated rings. The van der Waals surface area contributed by atoms with Crippen molar-refractivity contribution in [3.8, 4) is 11.4 Å². The Hall–Kier alpha value is -7.19. The van der Waals surface area contributed by atoms with Gasteiger partial charge in [0.1, 0.15) is 0 Å². The third kappa shape index (κ3) is 14.6. The summed E-state index contributed by atoms with van der Waals surface area (Å²) in [6.45, 7) is 3.40. The number of benzene rings is 2. The molecular formula is C53H56F6N16O5S4. The first-order valence-corrected chi connectivity index (χ1v) is 32.0. The number of nitrogens with zero attached hydrogens (tertiary/aromatic N) is 16. The summed E-state index contributed by atoms with van der Waals surface area (Å²) in [4.78, 5) is 28.7. The van der Waals surface area contributed by atoms with E-state index in [9.17, 15) is 43.2 Å². The normalized spacial score (nSPS) is 16.6. The summed E-state index contributed by atoms with van der Waals surface area (Å²) in [5.41, 5.74) is 0.129. The van der Waals surface area contributed by atoms with Crippen LogP contribution < -0.4 is 0 Å². The maximum Gasteiger partial charge on any atom is 0.435 e. The average Bonchev–Trinajstić information content (AvgIpc) is 4.53. The molecule has 10 rings (SSSR count). The van der Waals surface area contributed by atoms with Crippen molar-refractivity contribution in [1.29, 1.82) is 0 Å². The minimum atomic E-state index is -4.78. The van der Waals surface area contributed by atoms with Gasteiger partial charge in [0.2, 0.25) is 0 Å². The Kier molecular flexibility index (Phi) is 18.0. The van der Waals surface area contributed by atoms with E-state index in [4.69, 9.17) is 9.97 Å². The molecule has 0 N–H and O–H groups in total. The van der Waals surface area contributed by atoms with Crippen LogP contribution in [0.1, 0.15) is 93.3 Å². The van der Waals surface area contributed by atoms with Gasteiger partial charge in [-0.1, -0.05) is 48.6 Å². The van der Waals surface area contributed by atoms with Gasteiger partial charge < -0.3 is 0 Å². The Balaban J connectivity index is 0.829. The predicted octanol–water partition coefficient (Wildman–Crippen LogP) is 7.62. The number of alkyl halides is 6. The van der Waals surface area contributed by atoms with E-state index in [0.717, 1.165) is 21.5 Å². The van der Waals surface area contributed by atoms with Gasteiger partial charge >= 0.3 is 12.4 Å². The van der Waals surface area contributed by atoms with Crippen LogP contribution >= 0.6 is 22.7 Å². The molecule has 2 saturated heterocycles. The molecule has 0 aliphatic carbocycles. The lowest BCUT2D eigenvalue weighted by Crippen LogP contribution is -2.57. The van der Waals surface area contributed by atoms with Gasteiger partial charge in [-0.05, 0) is 135 Å². The zero-order chi connectivity index (χ0) is 59.4. The highest BCUT2D eigenvalue weighted by atomic mass is 32.2. The molecule has 2 aromatic carbocycles. The SMILES string of the molecule is Cc1cc(C(F)(F)F)nn1CC(C(=O)C(Cn1nc(C(F)(F)F)cc1C)N1CCC(c2nc(CS(=O)(=O)CC=Cc3nnnn3-c3ccccc3)cs2)CC1)N1CCC(c2nc(CS(=O)(=O)CC=Cc3nnnn3-c3ccccc3)cs2)CC1. The number of ketones is 1. The summed E-state index contributed by atoms with van der Waals surface area (Å²) >= 11 is 2.63. The van der Waals surface area contributed by atoms with Gasteiger partial charge in [-0.15, -0.1) is 32.9 Å². The van der Waals surface area contributed by atoms with Crippen molar-refractivity contribution in [2.75, 3.05) is 37.7 Å². The number of para-hydroxylation sites is 2. The molecule has 2 unspecified atom stereocenters. The zero-order valence-electron chi connectivity index (χ0n) is 45.2. The standard InChI is InChI=1S/C53H56F6N16O5S4/c1-35-27-45(52(54,55)56)64-72(35)29-43(70-21-17-37(18-22-70)50-60-39(31-81-50)33-83(77,78)25-9-15-47-62-66-68-74(47)41-11-5-3-6-12-41)49(76)44(30-73-36(2)28-46(65-73)53(57,58)59)71-23-19-38(20-24-71)51-61-40(32-82-51)34-84(79,80)26-10-16-48-63-67-69-75(48)42-13-7-4-8-14-42/h3-16,27-28,31-32,37-38,43-44H,17-26,29-30,33-34H2,1-2H3. The van der Waals surface area contributed by atoms with E-state index in [-0.39, 0.29) is 85.5 Å². The molecule has 0 spiro atoms. The second kappa shape index (κ2) is 25.2. The van der Waals surface area contributed by atoms with E-state index in [1.54, 1.807) is 10.8 Å². The number of sulfone groups is 2. The van der Waals surface area contributed by atoms with Crippen LogP contribution in [0, 0.1) is 13.8 Å². The van der Waals surface area contributed by atoms with Crippen LogP contribution in [0.25, 0.3) is 23.5 Å². The second-order valence-corrected chi connectivity index (χ2v) is 26.6. The molecule has 0 bridgehead atoms. The lowest BCUT2D eigenvalue weighted by atomic mass is 9.91. The number of halogens is 6. The molecule has 21 nitrogen and oxygen atoms in total. The lowest BCUT2D eigenvalue weighted by Gasteiger charge is -2.41. The molecule has 0 amide bonds. The highest BCUT2D eigenvalue weighted by Crippen LogP contribution is 2.36. The number of tetrazole rings is 2. The maximum absolute atomic E-state index is 15.5. The van der Waals surface area contributed by atoms with E-state index >= 15 is 4.79 Å². The van der Waals surface area contributed by atoms with Crippen molar-refractivity contribution in [3.63, 3.8) is 0 Å². The Morgan fingerprint density at radius 1 is 0.607 bits per heavy atom. The lowest BCUT2D eigenvalue weighted by molar-refractivity contribution is -0.142. The summed E-state index contributed by atoms with van der Waals surface area (Å²) in [6.07, 6.45) is -1.78. The summed E-state index contributed by atoms with van der Waals surface area (Å²) in [7, 11) is -7.36. The van der Waals surface area contributed by atoms with Crippen molar-refractivity contribution in [2.45, 2.75) is 100 Å². The van der Waals surface area contributed by atoms with Gasteiger partial charge in [-0.2, -0.15) is 45.9 Å². The fraction of sp³-hybridized carbons (Fsp3) is 0.415. The summed E-state index contributed by atoms with van der Waals surface area (Å²) in [5, 5.41) is 35.9. The van der Waals surface area contributed by atoms with Crippen LogP contribution in [0.2, 0.25) is 0 Å². The Morgan fingerprint density at radius 3 is 1.35 bits per heavy atom. The number of piperidine rings is 2. The molecule has 2 atom stereocenters. The van der Waals surface area contributed by atoms with E-state index in [1.807, 2.05) is 70.5 Å². The molecule has 444 valence electrons. The monoisotopic (exact) mass is 1240 g/mol. The predicted molar refractivity (Wildman–Crippen MR) is 299 cm³/mol. The Morgan fingerprint density at radius 2 is 0.988 bits per heavy atom. The fourth-order valence-electron chi connectivity index (χ4n) is 10.3. The minimum Gasteiger partial charge on any atom is -0.296 e. The number of hydrogen-bond acceptors (Lipinski definition) is 19. The van der Waals surface area contributed by atoms with Crippen LogP contribution in [0.4, 0.5) is 26.3 Å². The van der Waals surface area contributed by atoms with Gasteiger partial charge in [-0.25, -0.2) is 26.8 Å². The maximum atomic E-state index is 15.5. The van der Waals surface area contributed by atoms with Gasteiger partial charge in [0, 0.05) is 34.0 Å². The fourth-order valence-corrected chi connectivity index (χ4v) is 14.7. The molecule has 2 aliphatic heterocycles. The van der Waals surface area contributed by atoms with Crippen LogP contribution in [0.15, 0.2) is 95.7 Å². The highest BCUT2D eigenvalue weighted by molar-refractivity contribution is 7.91. The van der Waals surface area contributed by atoms with Gasteiger partial charge in [-0.3, -0.25) is 24.0 Å². The zero-order valence-corrected chi connectivity index (χ0v) is 48.5. The summed E-state index contributed by atoms with van der Waals surface area (Å²) in [5.74, 6) is -1.33. The number of Topliss-reactive ketones (excluding diaryl/α,β-unsaturated/α-hetero) is 1. The van der Waals surface area contributed by atoms with Crippen LogP contribution in [0.5, 0.6) is 0 Å². The van der Waals surface area contributed by atoms with Crippen molar-refractivity contribution >= 4 is 60.3 Å². The van der Waals surface area contributed by atoms with Gasteiger partial charge in [0.15, 0.2) is 48.5 Å². The first kappa shape index (κ1) is 60.0. The number of likely N-dealkylation sites (tertiary alicyclic amines) is 2. The molecular weight excluding hydrogens is 1180 g/mol. The third-order valence-corrected chi connectivity index (χ3v) is 19.6. The highest BCUT2D eigenvalue weighted by Gasteiger charge is 2.42. The van der Waals surface area contributed by atoms with E-state index in [2.05, 4.69) is 41.2 Å². The second-order valence-electron chi connectivity index (χ2n) is 20.6. The number of thiazole rings is 2. The van der Waals surface area contributed by atoms with E-state index < -0.39 is 61.3 Å². The van der Waals surface area contributed by atoms with Crippen LogP contribution in [0.3, 0.4) is 0 Å². The average molecular weight is 1240 g/mol. The number of hydrogen-bond donors (Lipinski definition) is 0.